The summed E-state index contributed by atoms with van der Waals surface area (Å²) in [6.07, 6.45) is -0.175. The number of nitrogens with two attached hydrogens (primary N) is 1. The molecule has 1 saturated carbocycles. The Bertz CT molecular complexity index is 488. The second-order valence-corrected chi connectivity index (χ2v) is 4.50. The zero-order chi connectivity index (χ0) is 13.6. The van der Waals surface area contributed by atoms with Crippen LogP contribution >= 0.6 is 0 Å². The van der Waals surface area contributed by atoms with Crippen molar-refractivity contribution in [3.63, 3.8) is 0 Å². The van der Waals surface area contributed by atoms with Crippen molar-refractivity contribution < 1.29 is 23.6 Å². The fourth-order valence-corrected chi connectivity index (χ4v) is 2.18. The number of carbonyl (C=O) groups is 1. The van der Waals surface area contributed by atoms with Crippen LogP contribution in [0, 0.1) is 0 Å². The van der Waals surface area contributed by atoms with Gasteiger partial charge in [0.1, 0.15) is 5.41 Å². The molecule has 1 aliphatic carbocycles. The molecule has 0 bridgehead atoms. The van der Waals surface area contributed by atoms with Gasteiger partial charge in [-0.1, -0.05) is 0 Å². The number of hydrogen-bond acceptors (Lipinski definition) is 4. The highest BCUT2D eigenvalue weighted by Crippen LogP contribution is 2.52. The van der Waals surface area contributed by atoms with E-state index >= 15 is 0 Å². The van der Waals surface area contributed by atoms with Gasteiger partial charge in [-0.3, -0.25) is 9.78 Å². The number of amides is 1. The molecular formula is C10H11BF2N2O3. The maximum Gasteiger partial charge on any atom is 0.488 e. The Morgan fingerprint density at radius 3 is 2.50 bits per heavy atom. The Kier molecular flexibility index (Phi) is 2.86. The number of alkyl halides is 2. The molecule has 1 aromatic rings. The summed E-state index contributed by atoms with van der Waals surface area (Å²) in [4.78, 5) is 15.2. The van der Waals surface area contributed by atoms with Crippen LogP contribution in [-0.2, 0) is 10.2 Å². The zero-order valence-corrected chi connectivity index (χ0v) is 9.31. The number of primary amides is 1. The van der Waals surface area contributed by atoms with Crippen molar-refractivity contribution >= 4 is 18.5 Å². The van der Waals surface area contributed by atoms with Gasteiger partial charge in [-0.2, -0.15) is 0 Å². The fraction of sp³-hybridized carbons (Fsp3) is 0.400. The number of aromatic nitrogens is 1. The van der Waals surface area contributed by atoms with Gasteiger partial charge in [-0.05, 0) is 17.6 Å². The van der Waals surface area contributed by atoms with E-state index in [9.17, 15) is 13.6 Å². The van der Waals surface area contributed by atoms with E-state index in [4.69, 9.17) is 15.8 Å². The summed E-state index contributed by atoms with van der Waals surface area (Å²) >= 11 is 0. The van der Waals surface area contributed by atoms with Crippen molar-refractivity contribution in [3.05, 3.63) is 24.0 Å². The molecule has 1 heterocycles. The highest BCUT2D eigenvalue weighted by molar-refractivity contribution is 6.58. The Morgan fingerprint density at radius 2 is 2.06 bits per heavy atom. The fourth-order valence-electron chi connectivity index (χ4n) is 2.18. The minimum atomic E-state index is -2.94. The highest BCUT2D eigenvalue weighted by Gasteiger charge is 2.61. The van der Waals surface area contributed by atoms with E-state index in [1.54, 1.807) is 0 Å². The van der Waals surface area contributed by atoms with Gasteiger partial charge in [0.15, 0.2) is 0 Å². The van der Waals surface area contributed by atoms with Crippen LogP contribution < -0.4 is 11.2 Å². The van der Waals surface area contributed by atoms with E-state index in [-0.39, 0.29) is 11.2 Å². The maximum absolute atomic E-state index is 13.0. The topological polar surface area (TPSA) is 96.4 Å². The second kappa shape index (κ2) is 3.99. The van der Waals surface area contributed by atoms with Crippen molar-refractivity contribution in [2.24, 2.45) is 5.73 Å². The van der Waals surface area contributed by atoms with E-state index in [1.807, 2.05) is 0 Å². The van der Waals surface area contributed by atoms with Crippen molar-refractivity contribution in [3.8, 4) is 0 Å². The van der Waals surface area contributed by atoms with Gasteiger partial charge < -0.3 is 15.8 Å². The first kappa shape index (κ1) is 12.9. The monoisotopic (exact) mass is 256 g/mol. The third-order valence-electron chi connectivity index (χ3n) is 3.16. The molecule has 0 atom stereocenters. The lowest BCUT2D eigenvalue weighted by Gasteiger charge is -2.44. The molecule has 0 spiro atoms. The van der Waals surface area contributed by atoms with Crippen LogP contribution in [0.3, 0.4) is 0 Å². The number of nitrogens with zero attached hydrogens (tertiary/aromatic N) is 1. The average Bonchev–Trinajstić information content (AvgIpc) is 2.25. The van der Waals surface area contributed by atoms with Crippen molar-refractivity contribution in [1.82, 2.24) is 4.98 Å². The van der Waals surface area contributed by atoms with E-state index in [2.05, 4.69) is 4.98 Å². The van der Waals surface area contributed by atoms with Gasteiger partial charge in [-0.25, -0.2) is 8.78 Å². The summed E-state index contributed by atoms with van der Waals surface area (Å²) in [7, 11) is -1.75. The Hall–Kier alpha value is -1.54. The third kappa shape index (κ3) is 1.97. The van der Waals surface area contributed by atoms with E-state index in [0.29, 0.717) is 0 Å². The van der Waals surface area contributed by atoms with Crippen LogP contribution in [0.2, 0.25) is 0 Å². The number of carbonyl (C=O) groups excluding carboxylic acids is 1. The van der Waals surface area contributed by atoms with Crippen LogP contribution in [-0.4, -0.2) is 34.0 Å². The van der Waals surface area contributed by atoms with Crippen LogP contribution in [0.5, 0.6) is 0 Å². The predicted octanol–water partition coefficient (Wildman–Crippen LogP) is -1.09. The Labute approximate surface area is 102 Å². The van der Waals surface area contributed by atoms with E-state index in [1.165, 1.54) is 18.3 Å². The van der Waals surface area contributed by atoms with Crippen molar-refractivity contribution in [2.75, 3.05) is 0 Å². The molecule has 18 heavy (non-hydrogen) atoms. The summed E-state index contributed by atoms with van der Waals surface area (Å²) in [5.74, 6) is -3.82. The van der Waals surface area contributed by atoms with Crippen LogP contribution in [0.25, 0.3) is 0 Å². The lowest BCUT2D eigenvalue weighted by atomic mass is 9.62. The summed E-state index contributed by atoms with van der Waals surface area (Å²) in [6, 6.07) is 2.53. The van der Waals surface area contributed by atoms with Gasteiger partial charge in [-0.15, -0.1) is 0 Å². The number of pyridine rings is 1. The van der Waals surface area contributed by atoms with Crippen LogP contribution in [0.4, 0.5) is 8.78 Å². The van der Waals surface area contributed by atoms with Gasteiger partial charge >= 0.3 is 7.12 Å². The normalized spacial score (nSPS) is 20.0. The molecule has 0 unspecified atom stereocenters. The molecule has 0 aliphatic heterocycles. The minimum Gasteiger partial charge on any atom is -0.423 e. The van der Waals surface area contributed by atoms with E-state index < -0.39 is 37.2 Å². The Balaban J connectivity index is 2.40. The molecule has 0 saturated heterocycles. The summed E-state index contributed by atoms with van der Waals surface area (Å²) < 4.78 is 26.0. The van der Waals surface area contributed by atoms with Gasteiger partial charge in [0, 0.05) is 19.0 Å². The smallest absolute Gasteiger partial charge is 0.423 e. The highest BCUT2D eigenvalue weighted by atomic mass is 19.3. The molecular weight excluding hydrogens is 245 g/mol. The first-order valence-electron chi connectivity index (χ1n) is 5.27. The summed E-state index contributed by atoms with van der Waals surface area (Å²) in [5, 5.41) is 18.0. The summed E-state index contributed by atoms with van der Waals surface area (Å²) in [5.41, 5.74) is 3.78. The average molecular weight is 256 g/mol. The molecule has 1 fully saturated rings. The molecule has 1 aliphatic rings. The minimum absolute atomic E-state index is 0.0477. The molecule has 5 nitrogen and oxygen atoms in total. The molecule has 0 aromatic carbocycles. The maximum atomic E-state index is 13.0. The van der Waals surface area contributed by atoms with Gasteiger partial charge in [0.05, 0.1) is 5.69 Å². The third-order valence-corrected chi connectivity index (χ3v) is 3.16. The molecule has 0 radical (unpaired) electrons. The quantitative estimate of drug-likeness (QED) is 0.599. The number of hydrogen-bond donors (Lipinski definition) is 3. The van der Waals surface area contributed by atoms with E-state index in [0.717, 1.165) is 0 Å². The summed E-state index contributed by atoms with van der Waals surface area (Å²) in [6.45, 7) is 0. The first-order valence-corrected chi connectivity index (χ1v) is 5.27. The SMILES string of the molecule is NC(=O)C1(c2cc(B(O)O)ccn2)CC(F)(F)C1. The first-order chi connectivity index (χ1) is 8.27. The predicted molar refractivity (Wildman–Crippen MR) is 59.1 cm³/mol. The standard InChI is InChI=1S/C10H11BF2N2O3/c12-10(13)4-9(5-10,8(14)16)7-3-6(11(17)18)1-2-15-7/h1-3,17-18H,4-5H2,(H2,14,16). The number of rotatable bonds is 3. The molecule has 1 amide bonds. The van der Waals surface area contributed by atoms with Crippen molar-refractivity contribution in [1.29, 1.82) is 0 Å². The van der Waals surface area contributed by atoms with Crippen LogP contribution in [0.15, 0.2) is 18.3 Å². The van der Waals surface area contributed by atoms with Gasteiger partial charge in [0.2, 0.25) is 5.91 Å². The lowest BCUT2D eigenvalue weighted by Crippen LogP contribution is -2.57. The lowest BCUT2D eigenvalue weighted by molar-refractivity contribution is -0.156. The molecule has 4 N–H and O–H groups in total. The Morgan fingerprint density at radius 1 is 1.44 bits per heavy atom. The molecule has 2 rings (SSSR count). The zero-order valence-electron chi connectivity index (χ0n) is 9.31. The molecule has 1 aromatic heterocycles. The van der Waals surface area contributed by atoms with Gasteiger partial charge in [0.25, 0.3) is 5.92 Å². The van der Waals surface area contributed by atoms with Crippen LogP contribution in [0.1, 0.15) is 18.5 Å². The second-order valence-electron chi connectivity index (χ2n) is 4.50. The van der Waals surface area contributed by atoms with Crippen molar-refractivity contribution in [2.45, 2.75) is 24.2 Å². The number of halogens is 2. The molecule has 96 valence electrons. The molecule has 8 heteroatoms. The largest absolute Gasteiger partial charge is 0.488 e.